The minimum atomic E-state index is 0.910. The minimum absolute atomic E-state index is 0.910. The van der Waals surface area contributed by atoms with Crippen LogP contribution in [-0.2, 0) is 0 Å². The van der Waals surface area contributed by atoms with Crippen molar-refractivity contribution in [3.8, 4) is 11.4 Å². The molecule has 0 bridgehead atoms. The Hall–Kier alpha value is -5.94. The van der Waals surface area contributed by atoms with Crippen molar-refractivity contribution < 1.29 is 0 Å². The fourth-order valence-electron chi connectivity index (χ4n) is 7.33. The van der Waals surface area contributed by atoms with Crippen LogP contribution in [0.15, 0.2) is 140 Å². The summed E-state index contributed by atoms with van der Waals surface area (Å²) in [5.41, 5.74) is 9.04. The molecule has 5 nitrogen and oxygen atoms in total. The van der Waals surface area contributed by atoms with E-state index in [2.05, 4.69) is 140 Å². The lowest BCUT2D eigenvalue weighted by Crippen LogP contribution is -2.00. The van der Waals surface area contributed by atoms with Gasteiger partial charge in [0, 0.05) is 68.5 Å². The number of hydrogen-bond acceptors (Lipinski definition) is 2. The quantitative estimate of drug-likeness (QED) is 0.202. The molecule has 0 spiro atoms. The molecule has 0 saturated heterocycles. The van der Waals surface area contributed by atoms with Crippen LogP contribution in [0.3, 0.4) is 0 Å². The molecular formula is C38H23N5. The van der Waals surface area contributed by atoms with Gasteiger partial charge in [0.15, 0.2) is 0 Å². The van der Waals surface area contributed by atoms with Gasteiger partial charge in [-0.15, -0.1) is 0 Å². The van der Waals surface area contributed by atoms with Crippen molar-refractivity contribution in [2.24, 2.45) is 0 Å². The SMILES string of the molecule is c1ccc(-n2c3ccccc3c3c4c5ccncc5c5nccn5c4c4c(c5ccccc5n4-c4ccccc4)c32)cc1. The van der Waals surface area contributed by atoms with E-state index in [1.807, 2.05) is 18.6 Å². The first kappa shape index (κ1) is 22.7. The number of rotatable bonds is 2. The van der Waals surface area contributed by atoms with Crippen molar-refractivity contribution in [2.45, 2.75) is 0 Å². The van der Waals surface area contributed by atoms with Gasteiger partial charge >= 0.3 is 0 Å². The van der Waals surface area contributed by atoms with Crippen LogP contribution in [0.25, 0.3) is 82.3 Å². The molecule has 0 saturated carbocycles. The van der Waals surface area contributed by atoms with Gasteiger partial charge in [0.05, 0.1) is 27.6 Å². The third-order valence-electron chi connectivity index (χ3n) is 8.94. The third-order valence-corrected chi connectivity index (χ3v) is 8.94. The van der Waals surface area contributed by atoms with Gasteiger partial charge in [0.25, 0.3) is 0 Å². The summed E-state index contributed by atoms with van der Waals surface area (Å²) in [7, 11) is 0. The van der Waals surface area contributed by atoms with E-state index in [4.69, 9.17) is 4.98 Å². The largest absolute Gasteiger partial charge is 0.309 e. The van der Waals surface area contributed by atoms with E-state index >= 15 is 0 Å². The zero-order valence-electron chi connectivity index (χ0n) is 23.0. The molecule has 10 aromatic rings. The van der Waals surface area contributed by atoms with Crippen molar-refractivity contribution in [1.82, 2.24) is 23.5 Å². The molecule has 10 rings (SSSR count). The van der Waals surface area contributed by atoms with Crippen LogP contribution in [0.5, 0.6) is 0 Å². The minimum Gasteiger partial charge on any atom is -0.309 e. The second-order valence-corrected chi connectivity index (χ2v) is 11.1. The van der Waals surface area contributed by atoms with E-state index < -0.39 is 0 Å². The van der Waals surface area contributed by atoms with Crippen LogP contribution < -0.4 is 0 Å². The zero-order chi connectivity index (χ0) is 28.1. The molecule has 5 heterocycles. The number of pyridine rings is 2. The van der Waals surface area contributed by atoms with Crippen LogP contribution >= 0.6 is 0 Å². The Morgan fingerprint density at radius 2 is 1.02 bits per heavy atom. The molecule has 0 N–H and O–H groups in total. The van der Waals surface area contributed by atoms with E-state index in [1.54, 1.807) is 0 Å². The normalized spacial score (nSPS) is 12.2. The summed E-state index contributed by atoms with van der Waals surface area (Å²) in [5.74, 6) is 0. The highest BCUT2D eigenvalue weighted by molar-refractivity contribution is 6.40. The van der Waals surface area contributed by atoms with Gasteiger partial charge in [0.1, 0.15) is 5.65 Å². The number of hydrogen-bond donors (Lipinski definition) is 0. The van der Waals surface area contributed by atoms with Crippen molar-refractivity contribution in [1.29, 1.82) is 0 Å². The second-order valence-electron chi connectivity index (χ2n) is 11.1. The highest BCUT2D eigenvalue weighted by atomic mass is 15.1. The maximum Gasteiger partial charge on any atom is 0.146 e. The fourth-order valence-corrected chi connectivity index (χ4v) is 7.33. The van der Waals surface area contributed by atoms with Crippen molar-refractivity contribution in [2.75, 3.05) is 0 Å². The van der Waals surface area contributed by atoms with E-state index in [0.29, 0.717) is 0 Å². The zero-order valence-corrected chi connectivity index (χ0v) is 23.0. The Labute approximate surface area is 245 Å². The molecule has 0 amide bonds. The average Bonchev–Trinajstić information content (AvgIpc) is 3.78. The van der Waals surface area contributed by atoms with Crippen LogP contribution in [0.2, 0.25) is 0 Å². The highest BCUT2D eigenvalue weighted by Crippen LogP contribution is 2.48. The van der Waals surface area contributed by atoms with Gasteiger partial charge in [-0.25, -0.2) is 4.98 Å². The van der Waals surface area contributed by atoms with Gasteiger partial charge < -0.3 is 9.13 Å². The topological polar surface area (TPSA) is 40.1 Å². The molecule has 0 aliphatic carbocycles. The van der Waals surface area contributed by atoms with Crippen molar-refractivity contribution in [3.05, 3.63) is 140 Å². The predicted octanol–water partition coefficient (Wildman–Crippen LogP) is 9.23. The lowest BCUT2D eigenvalue weighted by molar-refractivity contribution is 1.17. The molecule has 0 aliphatic rings. The first-order valence-corrected chi connectivity index (χ1v) is 14.5. The second kappa shape index (κ2) is 8.30. The number of benzene rings is 5. The van der Waals surface area contributed by atoms with Crippen molar-refractivity contribution in [3.63, 3.8) is 0 Å². The van der Waals surface area contributed by atoms with E-state index in [9.17, 15) is 0 Å². The summed E-state index contributed by atoms with van der Waals surface area (Å²) in [6.07, 6.45) is 7.86. The lowest BCUT2D eigenvalue weighted by Gasteiger charge is -2.16. The predicted molar refractivity (Wildman–Crippen MR) is 177 cm³/mol. The van der Waals surface area contributed by atoms with Crippen LogP contribution in [0.4, 0.5) is 0 Å². The molecule has 0 radical (unpaired) electrons. The lowest BCUT2D eigenvalue weighted by atomic mass is 9.98. The molecule has 0 unspecified atom stereocenters. The standard InChI is InChI=1S/C38H23N5/c1-3-11-24(12-4-1)42-30-17-9-7-15-27(30)33-32-26-19-20-39-23-29(26)38-40-21-22-41(38)36(32)37-34(35(33)42)28-16-8-10-18-31(28)43(37)25-13-5-2-6-14-25/h1-23H. The highest BCUT2D eigenvalue weighted by Gasteiger charge is 2.27. The summed E-state index contributed by atoms with van der Waals surface area (Å²) < 4.78 is 7.17. The first-order valence-electron chi connectivity index (χ1n) is 14.5. The van der Waals surface area contributed by atoms with Crippen LogP contribution in [0, 0.1) is 0 Å². The number of fused-ring (bicyclic) bond motifs is 15. The molecule has 5 aromatic carbocycles. The molecule has 43 heavy (non-hydrogen) atoms. The Bertz CT molecular complexity index is 2710. The third kappa shape index (κ3) is 2.85. The molecule has 200 valence electrons. The maximum absolute atomic E-state index is 4.86. The molecule has 0 atom stereocenters. The summed E-state index contributed by atoms with van der Waals surface area (Å²) in [6, 6.07) is 41.2. The Balaban J connectivity index is 1.66. The molecule has 5 heteroatoms. The van der Waals surface area contributed by atoms with E-state index in [-0.39, 0.29) is 0 Å². The van der Waals surface area contributed by atoms with Gasteiger partial charge in [-0.3, -0.25) is 9.38 Å². The summed E-state index contributed by atoms with van der Waals surface area (Å²) >= 11 is 0. The summed E-state index contributed by atoms with van der Waals surface area (Å²) in [6.45, 7) is 0. The average molecular weight is 550 g/mol. The van der Waals surface area contributed by atoms with Crippen LogP contribution in [0.1, 0.15) is 0 Å². The number of para-hydroxylation sites is 4. The van der Waals surface area contributed by atoms with Gasteiger partial charge in [-0.05, 0) is 47.9 Å². The first-order chi connectivity index (χ1) is 21.4. The molecule has 5 aromatic heterocycles. The Morgan fingerprint density at radius 3 is 1.72 bits per heavy atom. The molecule has 0 aliphatic heterocycles. The van der Waals surface area contributed by atoms with Crippen LogP contribution in [-0.4, -0.2) is 23.5 Å². The molecule has 0 fully saturated rings. The number of nitrogens with zero attached hydrogens (tertiary/aromatic N) is 5. The molecular weight excluding hydrogens is 526 g/mol. The summed E-state index contributed by atoms with van der Waals surface area (Å²) in [4.78, 5) is 9.41. The van der Waals surface area contributed by atoms with E-state index in [1.165, 1.54) is 43.5 Å². The Kier molecular flexibility index (Phi) is 4.39. The number of imidazole rings is 1. The smallest absolute Gasteiger partial charge is 0.146 e. The van der Waals surface area contributed by atoms with Gasteiger partial charge in [-0.2, -0.15) is 0 Å². The summed E-state index contributed by atoms with van der Waals surface area (Å²) in [5, 5.41) is 8.31. The Morgan fingerprint density at radius 1 is 0.442 bits per heavy atom. The van der Waals surface area contributed by atoms with Gasteiger partial charge in [-0.1, -0.05) is 72.8 Å². The number of aromatic nitrogens is 5. The maximum atomic E-state index is 4.86. The fraction of sp³-hybridized carbons (Fsp3) is 0. The van der Waals surface area contributed by atoms with Crippen molar-refractivity contribution >= 4 is 70.9 Å². The monoisotopic (exact) mass is 549 g/mol. The van der Waals surface area contributed by atoms with Gasteiger partial charge in [0.2, 0.25) is 0 Å². The van der Waals surface area contributed by atoms with E-state index in [0.717, 1.165) is 38.8 Å².